The van der Waals surface area contributed by atoms with Crippen LogP contribution >= 0.6 is 11.3 Å². The Balaban J connectivity index is 1.32. The maximum atomic E-state index is 8.91. The van der Waals surface area contributed by atoms with Gasteiger partial charge < -0.3 is 4.90 Å². The number of hydrogen-bond acceptors (Lipinski definition) is 2. The summed E-state index contributed by atoms with van der Waals surface area (Å²) in [6.07, 6.45) is 0. The molecule has 2 heteroatoms. The second kappa shape index (κ2) is 10.3. The number of anilines is 3. The third-order valence-electron chi connectivity index (χ3n) is 7.75. The van der Waals surface area contributed by atoms with Crippen molar-refractivity contribution in [3.05, 3.63) is 164 Å². The lowest BCUT2D eigenvalue weighted by Gasteiger charge is -2.26. The van der Waals surface area contributed by atoms with Crippen LogP contribution in [0.5, 0.6) is 0 Å². The number of rotatable bonds is 5. The molecule has 42 heavy (non-hydrogen) atoms. The molecule has 0 amide bonds. The Morgan fingerprint density at radius 2 is 1.17 bits per heavy atom. The van der Waals surface area contributed by atoms with Crippen LogP contribution in [-0.4, -0.2) is 0 Å². The molecule has 0 N–H and O–H groups in total. The summed E-state index contributed by atoms with van der Waals surface area (Å²) in [5.74, 6) is 0. The largest absolute Gasteiger partial charge is 0.310 e. The smallest absolute Gasteiger partial charge is 0.0645 e. The van der Waals surface area contributed by atoms with Crippen molar-refractivity contribution in [2.45, 2.75) is 0 Å². The van der Waals surface area contributed by atoms with Gasteiger partial charge in [0.1, 0.15) is 0 Å². The van der Waals surface area contributed by atoms with E-state index in [9.17, 15) is 0 Å². The molecule has 0 saturated heterocycles. The molecule has 0 bridgehead atoms. The van der Waals surface area contributed by atoms with E-state index in [4.69, 9.17) is 6.85 Å². The number of hydrogen-bond donors (Lipinski definition) is 0. The van der Waals surface area contributed by atoms with Crippen LogP contribution in [0.25, 0.3) is 53.2 Å². The van der Waals surface area contributed by atoms with Crippen molar-refractivity contribution < 1.29 is 6.85 Å². The van der Waals surface area contributed by atoms with Gasteiger partial charge in [-0.25, -0.2) is 0 Å². The first-order chi connectivity index (χ1) is 22.9. The minimum Gasteiger partial charge on any atom is -0.310 e. The average molecular weight is 559 g/mol. The van der Waals surface area contributed by atoms with Gasteiger partial charge in [-0.1, -0.05) is 115 Å². The molecule has 1 aromatic heterocycles. The van der Waals surface area contributed by atoms with E-state index in [2.05, 4.69) is 72.8 Å². The van der Waals surface area contributed by atoms with Crippen molar-refractivity contribution >= 4 is 59.3 Å². The molecule has 198 valence electrons. The van der Waals surface area contributed by atoms with Crippen LogP contribution in [0.3, 0.4) is 0 Å². The second-order valence-corrected chi connectivity index (χ2v) is 11.3. The lowest BCUT2D eigenvalue weighted by Crippen LogP contribution is -2.09. The van der Waals surface area contributed by atoms with Gasteiger partial charge in [0.2, 0.25) is 0 Å². The minimum atomic E-state index is -0.417. The van der Waals surface area contributed by atoms with Crippen molar-refractivity contribution in [1.29, 1.82) is 0 Å². The third-order valence-corrected chi connectivity index (χ3v) is 8.89. The molecule has 8 rings (SSSR count). The summed E-state index contributed by atoms with van der Waals surface area (Å²) in [6, 6.07) is 43.5. The highest BCUT2D eigenvalue weighted by atomic mass is 32.1. The number of fused-ring (bicyclic) bond motifs is 4. The predicted octanol–water partition coefficient (Wildman–Crippen LogP) is 12.0. The first kappa shape index (κ1) is 19.8. The van der Waals surface area contributed by atoms with E-state index >= 15 is 0 Å². The molecule has 8 aromatic rings. The fourth-order valence-electron chi connectivity index (χ4n) is 5.86. The zero-order valence-electron chi connectivity index (χ0n) is 27.6. The number of para-hydroxylation sites is 1. The molecule has 0 atom stereocenters. The second-order valence-electron chi connectivity index (χ2n) is 10.2. The van der Waals surface area contributed by atoms with Gasteiger partial charge in [-0.05, 0) is 81.5 Å². The van der Waals surface area contributed by atoms with Crippen molar-refractivity contribution in [3.8, 4) is 22.3 Å². The molecule has 0 aliphatic carbocycles. The first-order valence-electron chi connectivity index (χ1n) is 16.4. The van der Waals surface area contributed by atoms with Crippen LogP contribution in [0.15, 0.2) is 164 Å². The predicted molar refractivity (Wildman–Crippen MR) is 182 cm³/mol. The Morgan fingerprint density at radius 3 is 2.05 bits per heavy atom. The molecule has 0 saturated carbocycles. The highest BCUT2D eigenvalue weighted by Crippen LogP contribution is 2.42. The van der Waals surface area contributed by atoms with Crippen LogP contribution in [-0.2, 0) is 0 Å². The van der Waals surface area contributed by atoms with Crippen molar-refractivity contribution in [3.63, 3.8) is 0 Å². The van der Waals surface area contributed by atoms with E-state index in [1.807, 2.05) is 60.7 Å². The highest BCUT2D eigenvalue weighted by molar-refractivity contribution is 7.25. The van der Waals surface area contributed by atoms with Gasteiger partial charge in [-0.15, -0.1) is 11.3 Å². The summed E-state index contributed by atoms with van der Waals surface area (Å²) in [7, 11) is 0. The van der Waals surface area contributed by atoms with Crippen LogP contribution in [0.2, 0.25) is 0 Å². The molecule has 1 nitrogen and oxygen atoms in total. The lowest BCUT2D eigenvalue weighted by molar-refractivity contribution is 1.28. The Bertz CT molecular complexity index is 2450. The molecular weight excluding hydrogens is 527 g/mol. The van der Waals surface area contributed by atoms with E-state index in [1.54, 1.807) is 16.2 Å². The number of nitrogens with zero attached hydrogens (tertiary/aromatic N) is 1. The molecule has 0 spiro atoms. The van der Waals surface area contributed by atoms with Gasteiger partial charge in [0.25, 0.3) is 0 Å². The van der Waals surface area contributed by atoms with Crippen LogP contribution in [0.4, 0.5) is 17.1 Å². The van der Waals surface area contributed by atoms with Crippen molar-refractivity contribution in [1.82, 2.24) is 0 Å². The molecule has 7 aromatic carbocycles. The molecule has 0 aliphatic rings. The standard InChI is InChI=1S/C40H27NS/c1-2-14-31(15-3-1)41(32-25-23-29(24-26-32)35-19-9-12-28-11-4-5-17-34(28)35)33-16-8-13-30(27-33)36-20-10-22-39-40(36)37-18-6-7-21-38(37)42-39/h1-27H/i1D,2D,3D,14D,15D. The van der Waals surface area contributed by atoms with Crippen LogP contribution < -0.4 is 4.90 Å². The summed E-state index contributed by atoms with van der Waals surface area (Å²) < 4.78 is 45.4. The highest BCUT2D eigenvalue weighted by Gasteiger charge is 2.16. The quantitative estimate of drug-likeness (QED) is 0.203. The monoisotopic (exact) mass is 558 g/mol. The SMILES string of the molecule is [2H]c1c([2H])c([2H])c(N(c2ccc(-c3cccc4ccccc34)cc2)c2cccc(-c3cccc4sc5ccccc5c34)c2)c([2H])c1[2H]. The lowest BCUT2D eigenvalue weighted by atomic mass is 9.97. The van der Waals surface area contributed by atoms with Gasteiger partial charge >= 0.3 is 0 Å². The fourth-order valence-corrected chi connectivity index (χ4v) is 6.99. The third kappa shape index (κ3) is 4.25. The maximum absolute atomic E-state index is 8.91. The maximum Gasteiger partial charge on any atom is 0.0645 e. The molecule has 0 aliphatic heterocycles. The zero-order chi connectivity index (χ0) is 32.2. The number of thiophene rings is 1. The molecule has 0 radical (unpaired) electrons. The summed E-state index contributed by atoms with van der Waals surface area (Å²) in [6.45, 7) is 0. The van der Waals surface area contributed by atoms with E-state index in [1.165, 1.54) is 20.2 Å². The fraction of sp³-hybridized carbons (Fsp3) is 0. The Hall–Kier alpha value is -5.18. The Kier molecular flexibility index (Phi) is 4.88. The van der Waals surface area contributed by atoms with Gasteiger partial charge in [0, 0.05) is 37.2 Å². The first-order valence-corrected chi connectivity index (χ1v) is 14.7. The average Bonchev–Trinajstić information content (AvgIpc) is 3.51. The van der Waals surface area contributed by atoms with Gasteiger partial charge in [0.05, 0.1) is 6.85 Å². The van der Waals surface area contributed by atoms with E-state index in [-0.39, 0.29) is 29.9 Å². The Morgan fingerprint density at radius 1 is 0.476 bits per heavy atom. The molecule has 0 fully saturated rings. The van der Waals surface area contributed by atoms with Gasteiger partial charge in [0.15, 0.2) is 0 Å². The normalized spacial score (nSPS) is 13.0. The summed E-state index contributed by atoms with van der Waals surface area (Å²) in [5, 5.41) is 4.67. The van der Waals surface area contributed by atoms with Crippen molar-refractivity contribution in [2.75, 3.05) is 4.90 Å². The zero-order valence-corrected chi connectivity index (χ0v) is 23.4. The molecular formula is C40H27NS. The minimum absolute atomic E-state index is 0.102. The van der Waals surface area contributed by atoms with Gasteiger partial charge in [-0.3, -0.25) is 0 Å². The summed E-state index contributed by atoms with van der Waals surface area (Å²) in [4.78, 5) is 1.78. The Labute approximate surface area is 256 Å². The van der Waals surface area contributed by atoms with Gasteiger partial charge in [-0.2, -0.15) is 0 Å². The van der Waals surface area contributed by atoms with Crippen molar-refractivity contribution in [2.24, 2.45) is 0 Å². The van der Waals surface area contributed by atoms with E-state index in [0.29, 0.717) is 11.4 Å². The number of benzene rings is 7. The van der Waals surface area contributed by atoms with Crippen LogP contribution in [0.1, 0.15) is 6.85 Å². The van der Waals surface area contributed by atoms with E-state index in [0.717, 1.165) is 33.0 Å². The van der Waals surface area contributed by atoms with Crippen LogP contribution in [0, 0.1) is 0 Å². The summed E-state index contributed by atoms with van der Waals surface area (Å²) >= 11 is 1.76. The topological polar surface area (TPSA) is 3.24 Å². The summed E-state index contributed by atoms with van der Waals surface area (Å²) in [5.41, 5.74) is 5.65. The molecule has 1 heterocycles. The molecule has 0 unspecified atom stereocenters. The van der Waals surface area contributed by atoms with E-state index < -0.39 is 6.04 Å².